The molecule has 0 spiro atoms. The first-order valence-corrected chi connectivity index (χ1v) is 6.07. The quantitative estimate of drug-likeness (QED) is 0.850. The Kier molecular flexibility index (Phi) is 3.47. The number of nitrogens with zero attached hydrogens (tertiary/aromatic N) is 3. The highest BCUT2D eigenvalue weighted by Gasteiger charge is 2.11. The lowest BCUT2D eigenvalue weighted by Gasteiger charge is -2.08. The molecular weight excluding hydrogens is 298 g/mol. The van der Waals surface area contributed by atoms with Crippen LogP contribution in [0.25, 0.3) is 11.4 Å². The number of hydrogen-bond acceptors (Lipinski definition) is 4. The largest absolute Gasteiger partial charge is 0.480 e. The van der Waals surface area contributed by atoms with Gasteiger partial charge in [-0.05, 0) is 28.9 Å². The van der Waals surface area contributed by atoms with Gasteiger partial charge in [0.1, 0.15) is 4.47 Å². The summed E-state index contributed by atoms with van der Waals surface area (Å²) < 4.78 is 7.40. The molecule has 0 saturated heterocycles. The van der Waals surface area contributed by atoms with Crippen LogP contribution in [-0.2, 0) is 7.05 Å². The fraction of sp³-hybridized carbons (Fsp3) is 0.250. The van der Waals surface area contributed by atoms with Crippen molar-refractivity contribution >= 4 is 15.9 Å². The Labute approximate surface area is 113 Å². The van der Waals surface area contributed by atoms with E-state index in [0.29, 0.717) is 11.7 Å². The highest BCUT2D eigenvalue weighted by molar-refractivity contribution is 9.10. The fourth-order valence-electron chi connectivity index (χ4n) is 1.52. The van der Waals surface area contributed by atoms with Crippen molar-refractivity contribution in [2.75, 3.05) is 7.11 Å². The molecule has 0 aliphatic rings. The van der Waals surface area contributed by atoms with Crippen LogP contribution in [0.3, 0.4) is 0 Å². The highest BCUT2D eigenvalue weighted by Crippen LogP contribution is 2.27. The van der Waals surface area contributed by atoms with Crippen LogP contribution in [0.1, 0.15) is 5.69 Å². The summed E-state index contributed by atoms with van der Waals surface area (Å²) in [4.78, 5) is 20.0. The molecule has 2 aromatic rings. The molecule has 2 aromatic heterocycles. The molecule has 0 aliphatic carbocycles. The molecule has 0 aliphatic heterocycles. The third-order valence-electron chi connectivity index (χ3n) is 2.52. The van der Waals surface area contributed by atoms with Crippen LogP contribution in [0, 0.1) is 6.92 Å². The van der Waals surface area contributed by atoms with E-state index in [1.165, 1.54) is 10.6 Å². The van der Waals surface area contributed by atoms with Crippen molar-refractivity contribution in [1.82, 2.24) is 14.5 Å². The van der Waals surface area contributed by atoms with Crippen molar-refractivity contribution in [3.05, 3.63) is 38.9 Å². The van der Waals surface area contributed by atoms with Gasteiger partial charge in [-0.2, -0.15) is 4.98 Å². The maximum Gasteiger partial charge on any atom is 0.250 e. The summed E-state index contributed by atoms with van der Waals surface area (Å²) in [6.07, 6.45) is 1.70. The van der Waals surface area contributed by atoms with Gasteiger partial charge in [-0.25, -0.2) is 4.98 Å². The Morgan fingerprint density at radius 1 is 1.33 bits per heavy atom. The van der Waals surface area contributed by atoms with Gasteiger partial charge in [0.2, 0.25) is 11.4 Å². The lowest BCUT2D eigenvalue weighted by atomic mass is 10.2. The average Bonchev–Trinajstić information content (AvgIpc) is 2.36. The Bertz CT molecular complexity index is 652. The second-order valence-corrected chi connectivity index (χ2v) is 4.62. The molecule has 0 bridgehead atoms. The maximum absolute atomic E-state index is 11.3. The molecule has 0 amide bonds. The number of hydrogen-bond donors (Lipinski definition) is 0. The summed E-state index contributed by atoms with van der Waals surface area (Å²) in [5, 5.41) is 0. The molecular formula is C12H12BrN3O2. The van der Waals surface area contributed by atoms with Crippen LogP contribution in [0.2, 0.25) is 0 Å². The summed E-state index contributed by atoms with van der Waals surface area (Å²) in [5.41, 5.74) is 1.48. The van der Waals surface area contributed by atoms with E-state index in [1.54, 1.807) is 26.4 Å². The molecule has 0 fully saturated rings. The summed E-state index contributed by atoms with van der Waals surface area (Å²) >= 11 is 3.37. The Balaban J connectivity index is 2.60. The minimum absolute atomic E-state index is 0.0699. The van der Waals surface area contributed by atoms with Gasteiger partial charge in [0.25, 0.3) is 0 Å². The molecule has 0 atom stereocenters. The first-order chi connectivity index (χ1) is 8.52. The molecule has 2 rings (SSSR count). The second kappa shape index (κ2) is 4.89. The molecule has 18 heavy (non-hydrogen) atoms. The summed E-state index contributed by atoms with van der Waals surface area (Å²) in [7, 11) is 3.24. The Morgan fingerprint density at radius 3 is 2.67 bits per heavy atom. The van der Waals surface area contributed by atoms with Gasteiger partial charge < -0.3 is 9.30 Å². The van der Waals surface area contributed by atoms with E-state index in [4.69, 9.17) is 4.74 Å². The first kappa shape index (κ1) is 12.8. The maximum atomic E-state index is 11.3. The normalized spacial score (nSPS) is 10.4. The van der Waals surface area contributed by atoms with Crippen LogP contribution in [0.5, 0.6) is 5.88 Å². The van der Waals surface area contributed by atoms with Gasteiger partial charge in [0.05, 0.1) is 12.8 Å². The van der Waals surface area contributed by atoms with Gasteiger partial charge in [-0.3, -0.25) is 4.79 Å². The highest BCUT2D eigenvalue weighted by atomic mass is 79.9. The smallest absolute Gasteiger partial charge is 0.250 e. The number of aryl methyl sites for hydroxylation is 2. The van der Waals surface area contributed by atoms with Gasteiger partial charge in [-0.1, -0.05) is 0 Å². The summed E-state index contributed by atoms with van der Waals surface area (Å²) in [5.74, 6) is 1.01. The van der Waals surface area contributed by atoms with Gasteiger partial charge in [-0.15, -0.1) is 0 Å². The van der Waals surface area contributed by atoms with E-state index < -0.39 is 0 Å². The van der Waals surface area contributed by atoms with Gasteiger partial charge in [0.15, 0.2) is 5.82 Å². The second-order valence-electron chi connectivity index (χ2n) is 3.82. The van der Waals surface area contributed by atoms with Gasteiger partial charge >= 0.3 is 0 Å². The Hall–Kier alpha value is -1.69. The molecule has 2 heterocycles. The Morgan fingerprint density at radius 2 is 2.06 bits per heavy atom. The zero-order chi connectivity index (χ0) is 13.3. The van der Waals surface area contributed by atoms with E-state index in [-0.39, 0.29) is 5.56 Å². The third-order valence-corrected chi connectivity index (χ3v) is 3.44. The van der Waals surface area contributed by atoms with E-state index in [1.807, 2.05) is 6.92 Å². The van der Waals surface area contributed by atoms with Crippen molar-refractivity contribution in [1.29, 1.82) is 0 Å². The molecule has 0 N–H and O–H groups in total. The molecule has 0 unspecified atom stereocenters. The average molecular weight is 310 g/mol. The first-order valence-electron chi connectivity index (χ1n) is 5.28. The molecule has 0 saturated carbocycles. The SMILES string of the molecule is COc1nc(-c2ccc(=O)n(C)c2)nc(C)c1Br. The van der Waals surface area contributed by atoms with Crippen LogP contribution in [0.15, 0.2) is 27.6 Å². The summed E-state index contributed by atoms with van der Waals surface area (Å²) in [6.45, 7) is 1.86. The molecule has 5 nitrogen and oxygen atoms in total. The number of methoxy groups -OCH3 is 1. The molecule has 0 aromatic carbocycles. The van der Waals surface area contributed by atoms with E-state index in [2.05, 4.69) is 25.9 Å². The standard InChI is InChI=1S/C12H12BrN3O2/c1-7-10(13)12(18-3)15-11(14-7)8-4-5-9(17)16(2)6-8/h4-6H,1-3H3. The summed E-state index contributed by atoms with van der Waals surface area (Å²) in [6, 6.07) is 3.19. The van der Waals surface area contributed by atoms with Crippen molar-refractivity contribution in [3.63, 3.8) is 0 Å². The minimum atomic E-state index is -0.0699. The van der Waals surface area contributed by atoms with Crippen LogP contribution >= 0.6 is 15.9 Å². The number of aromatic nitrogens is 3. The predicted octanol–water partition coefficient (Wildman–Crippen LogP) is 1.92. The van der Waals surface area contributed by atoms with Crippen molar-refractivity contribution < 1.29 is 4.74 Å². The van der Waals surface area contributed by atoms with Crippen LogP contribution in [0.4, 0.5) is 0 Å². The van der Waals surface area contributed by atoms with Crippen LogP contribution < -0.4 is 10.3 Å². The minimum Gasteiger partial charge on any atom is -0.480 e. The zero-order valence-corrected chi connectivity index (χ0v) is 11.9. The predicted molar refractivity (Wildman–Crippen MR) is 71.7 cm³/mol. The topological polar surface area (TPSA) is 57.0 Å². The lowest BCUT2D eigenvalue weighted by Crippen LogP contribution is -2.14. The van der Waals surface area contributed by atoms with Crippen molar-refractivity contribution in [3.8, 4) is 17.3 Å². The number of ether oxygens (including phenoxy) is 1. The zero-order valence-electron chi connectivity index (χ0n) is 10.3. The monoisotopic (exact) mass is 309 g/mol. The van der Waals surface area contributed by atoms with E-state index in [9.17, 15) is 4.79 Å². The van der Waals surface area contributed by atoms with Crippen molar-refractivity contribution in [2.45, 2.75) is 6.92 Å². The third kappa shape index (κ3) is 2.28. The molecule has 6 heteroatoms. The molecule has 94 valence electrons. The van der Waals surface area contributed by atoms with E-state index in [0.717, 1.165) is 15.7 Å². The number of pyridine rings is 1. The van der Waals surface area contributed by atoms with E-state index >= 15 is 0 Å². The fourth-order valence-corrected chi connectivity index (χ4v) is 1.86. The molecule has 0 radical (unpaired) electrons. The number of halogens is 1. The van der Waals surface area contributed by atoms with Crippen molar-refractivity contribution in [2.24, 2.45) is 7.05 Å². The van der Waals surface area contributed by atoms with Gasteiger partial charge in [0, 0.05) is 24.9 Å². The van der Waals surface area contributed by atoms with Crippen LogP contribution in [-0.4, -0.2) is 21.6 Å². The number of rotatable bonds is 2. The lowest BCUT2D eigenvalue weighted by molar-refractivity contribution is 0.394.